The lowest BCUT2D eigenvalue weighted by Gasteiger charge is -2.18. The Kier molecular flexibility index (Phi) is 7.04. The van der Waals surface area contributed by atoms with Crippen molar-refractivity contribution in [3.63, 3.8) is 0 Å². The van der Waals surface area contributed by atoms with Crippen LogP contribution in [0.25, 0.3) is 10.2 Å². The van der Waals surface area contributed by atoms with Crippen molar-refractivity contribution < 1.29 is 14.5 Å². The molecule has 0 unspecified atom stereocenters. The number of carbonyl (C=O) groups excluding carboxylic acids is 1. The van der Waals surface area contributed by atoms with E-state index >= 15 is 0 Å². The fourth-order valence-electron chi connectivity index (χ4n) is 3.90. The van der Waals surface area contributed by atoms with Crippen molar-refractivity contribution in [2.75, 3.05) is 17.9 Å². The molecule has 2 aromatic heterocycles. The first kappa shape index (κ1) is 24.6. The Bertz CT molecular complexity index is 1560. The molecule has 3 N–H and O–H groups in total. The minimum atomic E-state index is -0.650. The van der Waals surface area contributed by atoms with Crippen molar-refractivity contribution in [1.82, 2.24) is 20.4 Å². The van der Waals surface area contributed by atoms with E-state index in [0.717, 1.165) is 22.2 Å². The summed E-state index contributed by atoms with van der Waals surface area (Å²) in [5, 5.41) is 15.3. The molecule has 3 aromatic carbocycles. The molecule has 11 nitrogen and oxygen atoms in total. The fraction of sp³-hybridized carbons (Fsp3) is 0.0769. The van der Waals surface area contributed by atoms with E-state index in [1.54, 1.807) is 19.2 Å². The standard InChI is InChI=1S/C26H21N7O4S/c1-37-18-12-13-19-20(14-18)38-26(29-19)30-23-22(33(35)36)24(28-15-27-23)31-32-25(34)21(16-8-4-2-5-9-16)17-10-6-3-7-11-17/h2-15,21H,1H3,(H,32,34)(H2,27,28,29,30,31). The molecule has 2 heterocycles. The Morgan fingerprint density at radius 2 is 1.63 bits per heavy atom. The van der Waals surface area contributed by atoms with Crippen LogP contribution < -0.4 is 20.9 Å². The van der Waals surface area contributed by atoms with Gasteiger partial charge in [-0.25, -0.2) is 15.0 Å². The van der Waals surface area contributed by atoms with Gasteiger partial charge >= 0.3 is 5.69 Å². The Hall–Kier alpha value is -5.10. The average Bonchev–Trinajstić information content (AvgIpc) is 3.34. The van der Waals surface area contributed by atoms with Gasteiger partial charge < -0.3 is 10.1 Å². The number of nitrogens with zero attached hydrogens (tertiary/aromatic N) is 4. The van der Waals surface area contributed by atoms with E-state index in [-0.39, 0.29) is 11.6 Å². The van der Waals surface area contributed by atoms with Gasteiger partial charge in [0.25, 0.3) is 0 Å². The van der Waals surface area contributed by atoms with Crippen LogP contribution in [0, 0.1) is 10.1 Å². The largest absolute Gasteiger partial charge is 0.497 e. The van der Waals surface area contributed by atoms with Crippen LogP contribution in [0.4, 0.5) is 22.5 Å². The number of hydrogen-bond acceptors (Lipinski definition) is 10. The smallest absolute Gasteiger partial charge is 0.355 e. The summed E-state index contributed by atoms with van der Waals surface area (Å²) in [6.45, 7) is 0. The highest BCUT2D eigenvalue weighted by molar-refractivity contribution is 7.22. The molecule has 0 atom stereocenters. The number of nitrogens with one attached hydrogen (secondary N) is 3. The topological polar surface area (TPSA) is 144 Å². The second-order valence-corrected chi connectivity index (χ2v) is 9.05. The molecule has 5 rings (SSSR count). The third-order valence-corrected chi connectivity index (χ3v) is 6.59. The second kappa shape index (κ2) is 10.9. The van der Waals surface area contributed by atoms with Crippen LogP contribution in [-0.4, -0.2) is 32.9 Å². The third kappa shape index (κ3) is 5.20. The van der Waals surface area contributed by atoms with Crippen molar-refractivity contribution in [2.24, 2.45) is 0 Å². The lowest BCUT2D eigenvalue weighted by atomic mass is 9.91. The highest BCUT2D eigenvalue weighted by Gasteiger charge is 2.27. The zero-order valence-electron chi connectivity index (χ0n) is 20.0. The van der Waals surface area contributed by atoms with E-state index < -0.39 is 22.4 Å². The molecular formula is C26H21N7O4S. The SMILES string of the molecule is COc1ccc2nc(Nc3ncnc(NNC(=O)C(c4ccccc4)c4ccccc4)c3[N+](=O)[O-])sc2c1. The first-order valence-corrected chi connectivity index (χ1v) is 12.2. The molecule has 1 amide bonds. The van der Waals surface area contributed by atoms with E-state index in [1.165, 1.54) is 11.3 Å². The summed E-state index contributed by atoms with van der Waals surface area (Å²) >= 11 is 1.29. The Labute approximate surface area is 220 Å². The number of carbonyl (C=O) groups is 1. The van der Waals surface area contributed by atoms with Crippen LogP contribution in [0.3, 0.4) is 0 Å². The highest BCUT2D eigenvalue weighted by atomic mass is 32.1. The summed E-state index contributed by atoms with van der Waals surface area (Å²) in [5.74, 6) is -0.640. The Morgan fingerprint density at radius 3 is 2.26 bits per heavy atom. The number of fused-ring (bicyclic) bond motifs is 1. The zero-order valence-corrected chi connectivity index (χ0v) is 20.8. The van der Waals surface area contributed by atoms with E-state index in [2.05, 4.69) is 31.1 Å². The molecule has 0 radical (unpaired) electrons. The predicted molar refractivity (Wildman–Crippen MR) is 145 cm³/mol. The van der Waals surface area contributed by atoms with Crippen LogP contribution >= 0.6 is 11.3 Å². The summed E-state index contributed by atoms with van der Waals surface area (Å²) in [6, 6.07) is 23.9. The number of anilines is 3. The normalized spacial score (nSPS) is 10.8. The summed E-state index contributed by atoms with van der Waals surface area (Å²) in [6.07, 6.45) is 1.16. The average molecular weight is 528 g/mol. The number of aromatic nitrogens is 3. The number of amides is 1. The van der Waals surface area contributed by atoms with Crippen molar-refractivity contribution in [2.45, 2.75) is 5.92 Å². The minimum absolute atomic E-state index is 0.0737. The molecule has 0 saturated heterocycles. The molecule has 12 heteroatoms. The first-order valence-electron chi connectivity index (χ1n) is 11.4. The molecule has 5 aromatic rings. The molecule has 38 heavy (non-hydrogen) atoms. The molecule has 0 spiro atoms. The van der Waals surface area contributed by atoms with Gasteiger partial charge in [0.05, 0.1) is 28.2 Å². The summed E-state index contributed by atoms with van der Waals surface area (Å²) in [5.41, 5.74) is 6.99. The molecule has 0 aliphatic carbocycles. The minimum Gasteiger partial charge on any atom is -0.497 e. The number of ether oxygens (including phenoxy) is 1. The van der Waals surface area contributed by atoms with Gasteiger partial charge in [0, 0.05) is 0 Å². The maximum Gasteiger partial charge on any atom is 0.355 e. The number of hydrazine groups is 1. The number of nitro groups is 1. The molecular weight excluding hydrogens is 506 g/mol. The van der Waals surface area contributed by atoms with Crippen molar-refractivity contribution in [3.8, 4) is 5.75 Å². The Balaban J connectivity index is 1.40. The molecule has 0 bridgehead atoms. The van der Waals surface area contributed by atoms with Crippen LogP contribution in [0.1, 0.15) is 17.0 Å². The maximum atomic E-state index is 13.3. The van der Waals surface area contributed by atoms with Crippen molar-refractivity contribution >= 4 is 49.9 Å². The number of rotatable bonds is 9. The number of benzene rings is 3. The Morgan fingerprint density at radius 1 is 0.974 bits per heavy atom. The van der Waals surface area contributed by atoms with E-state index in [4.69, 9.17) is 4.74 Å². The van der Waals surface area contributed by atoms with Gasteiger partial charge in [-0.05, 0) is 29.3 Å². The first-order chi connectivity index (χ1) is 18.5. The van der Waals surface area contributed by atoms with Crippen LogP contribution in [0.5, 0.6) is 5.75 Å². The quantitative estimate of drug-likeness (QED) is 0.178. The van der Waals surface area contributed by atoms with Gasteiger partial charge in [-0.1, -0.05) is 72.0 Å². The summed E-state index contributed by atoms with van der Waals surface area (Å²) in [4.78, 5) is 37.2. The van der Waals surface area contributed by atoms with Crippen LogP contribution in [0.15, 0.2) is 85.2 Å². The van der Waals surface area contributed by atoms with Gasteiger partial charge in [0.15, 0.2) is 5.13 Å². The van der Waals surface area contributed by atoms with Crippen molar-refractivity contribution in [1.29, 1.82) is 0 Å². The lowest BCUT2D eigenvalue weighted by molar-refractivity contribution is -0.383. The van der Waals surface area contributed by atoms with Crippen LogP contribution in [0.2, 0.25) is 0 Å². The van der Waals surface area contributed by atoms with Gasteiger partial charge in [-0.15, -0.1) is 0 Å². The zero-order chi connectivity index (χ0) is 26.5. The molecule has 0 aliphatic rings. The lowest BCUT2D eigenvalue weighted by Crippen LogP contribution is -2.35. The molecule has 0 saturated carbocycles. The van der Waals surface area contributed by atoms with Gasteiger partial charge in [-0.2, -0.15) is 0 Å². The monoisotopic (exact) mass is 527 g/mol. The highest BCUT2D eigenvalue weighted by Crippen LogP contribution is 2.35. The predicted octanol–water partition coefficient (Wildman–Crippen LogP) is 5.02. The van der Waals surface area contributed by atoms with Crippen LogP contribution in [-0.2, 0) is 4.79 Å². The summed E-state index contributed by atoms with van der Waals surface area (Å²) < 4.78 is 6.08. The number of thiazole rings is 1. The van der Waals surface area contributed by atoms with Gasteiger partial charge in [0.1, 0.15) is 12.1 Å². The van der Waals surface area contributed by atoms with E-state index in [1.807, 2.05) is 66.7 Å². The maximum absolute atomic E-state index is 13.3. The van der Waals surface area contributed by atoms with E-state index in [9.17, 15) is 14.9 Å². The van der Waals surface area contributed by atoms with E-state index in [0.29, 0.717) is 16.4 Å². The molecule has 0 fully saturated rings. The fourth-order valence-corrected chi connectivity index (χ4v) is 4.79. The summed E-state index contributed by atoms with van der Waals surface area (Å²) in [7, 11) is 1.57. The van der Waals surface area contributed by atoms with Gasteiger partial charge in [-0.3, -0.25) is 25.8 Å². The van der Waals surface area contributed by atoms with Gasteiger partial charge in [0.2, 0.25) is 17.5 Å². The molecule has 190 valence electrons. The molecule has 0 aliphatic heterocycles. The second-order valence-electron chi connectivity index (χ2n) is 8.02. The third-order valence-electron chi connectivity index (χ3n) is 5.66. The number of hydrogen-bond donors (Lipinski definition) is 3. The van der Waals surface area contributed by atoms with Crippen molar-refractivity contribution in [3.05, 3.63) is 106 Å². The number of methoxy groups -OCH3 is 1.